The number of rotatable bonds is 1. The molecule has 110 valence electrons. The Bertz CT molecular complexity index is 486. The predicted molar refractivity (Wildman–Crippen MR) is 82.2 cm³/mol. The first-order valence-corrected chi connectivity index (χ1v) is 8.44. The molecule has 2 atom stereocenters. The van der Waals surface area contributed by atoms with Crippen LogP contribution in [-0.2, 0) is 6.42 Å². The Morgan fingerprint density at radius 1 is 1.10 bits per heavy atom. The van der Waals surface area contributed by atoms with Crippen LogP contribution < -0.4 is 0 Å². The summed E-state index contributed by atoms with van der Waals surface area (Å²) in [5.41, 5.74) is 3.55. The van der Waals surface area contributed by atoms with Crippen molar-refractivity contribution in [1.29, 1.82) is 0 Å². The van der Waals surface area contributed by atoms with Gasteiger partial charge in [0.25, 0.3) is 0 Å². The van der Waals surface area contributed by atoms with Crippen molar-refractivity contribution < 1.29 is 4.79 Å². The van der Waals surface area contributed by atoms with Crippen molar-refractivity contribution in [2.24, 2.45) is 11.8 Å². The van der Waals surface area contributed by atoms with Gasteiger partial charge in [0.05, 0.1) is 5.69 Å². The second-order valence-electron chi connectivity index (χ2n) is 7.03. The molecule has 1 aliphatic heterocycles. The van der Waals surface area contributed by atoms with Crippen LogP contribution in [0.4, 0.5) is 0 Å². The lowest BCUT2D eigenvalue weighted by atomic mass is 9.80. The van der Waals surface area contributed by atoms with Crippen molar-refractivity contribution in [3.05, 3.63) is 23.0 Å². The normalized spacial score (nSPS) is 27.4. The highest BCUT2D eigenvalue weighted by Gasteiger charge is 2.42. The Morgan fingerprint density at radius 3 is 2.55 bits per heavy atom. The maximum absolute atomic E-state index is 12.7. The number of fused-ring (bicyclic) bond motifs is 7. The smallest absolute Gasteiger partial charge is 0.182 e. The van der Waals surface area contributed by atoms with E-state index in [0.717, 1.165) is 18.5 Å². The summed E-state index contributed by atoms with van der Waals surface area (Å²) >= 11 is 0. The molecule has 4 bridgehead atoms. The molecule has 1 N–H and O–H groups in total. The number of aryl methyl sites for hydroxylation is 1. The summed E-state index contributed by atoms with van der Waals surface area (Å²) in [4.78, 5) is 16.2. The minimum atomic E-state index is 0.242. The number of carbonyl (C=O) groups is 1. The van der Waals surface area contributed by atoms with Crippen LogP contribution in [-0.4, -0.2) is 10.8 Å². The first-order chi connectivity index (χ1) is 9.68. The molecule has 0 amide bonds. The van der Waals surface area contributed by atoms with E-state index in [1.54, 1.807) is 0 Å². The van der Waals surface area contributed by atoms with Gasteiger partial charge in [-0.15, -0.1) is 0 Å². The van der Waals surface area contributed by atoms with Crippen molar-refractivity contribution in [1.82, 2.24) is 4.98 Å². The quantitative estimate of drug-likeness (QED) is 0.779. The zero-order chi connectivity index (χ0) is 14.1. The number of hydrogen-bond donors (Lipinski definition) is 1. The summed E-state index contributed by atoms with van der Waals surface area (Å²) in [6.07, 6.45) is 9.98. The number of carbonyl (C=O) groups excluding carboxylic acids is 1. The highest BCUT2D eigenvalue weighted by Crippen LogP contribution is 2.45. The molecule has 0 spiro atoms. The second kappa shape index (κ2) is 5.75. The number of hydrogen-bond acceptors (Lipinski definition) is 1. The molecule has 0 aromatic carbocycles. The maximum Gasteiger partial charge on any atom is 0.182 e. The molecule has 3 aliphatic rings. The summed E-state index contributed by atoms with van der Waals surface area (Å²) in [6.45, 7) is 4.54. The first-order valence-electron chi connectivity index (χ1n) is 8.44. The lowest BCUT2D eigenvalue weighted by Crippen LogP contribution is -2.18. The Labute approximate surface area is 122 Å². The Morgan fingerprint density at radius 2 is 1.80 bits per heavy atom. The molecule has 0 radical (unpaired) electrons. The minimum absolute atomic E-state index is 0.242. The van der Waals surface area contributed by atoms with Crippen molar-refractivity contribution >= 4 is 5.78 Å². The Kier molecular flexibility index (Phi) is 4.00. The fourth-order valence-electron chi connectivity index (χ4n) is 4.22. The van der Waals surface area contributed by atoms with E-state index >= 15 is 0 Å². The molecule has 2 heterocycles. The fraction of sp³-hybridized carbons (Fsp3) is 0.722. The van der Waals surface area contributed by atoms with Crippen molar-refractivity contribution in [2.75, 3.05) is 0 Å². The van der Waals surface area contributed by atoms with Gasteiger partial charge in [0, 0.05) is 11.6 Å². The van der Waals surface area contributed by atoms with Crippen LogP contribution >= 0.6 is 0 Å². The average molecular weight is 273 g/mol. The SMILES string of the molecule is CC(C)[C@@H]1c2cc3[nH]c2C(=O)[C@H]1CCCCCCCC3. The van der Waals surface area contributed by atoms with E-state index in [1.807, 2.05) is 0 Å². The molecular formula is C18H27NO. The lowest BCUT2D eigenvalue weighted by Gasteiger charge is -2.22. The molecule has 1 aromatic heterocycles. The van der Waals surface area contributed by atoms with Gasteiger partial charge in [0.2, 0.25) is 0 Å². The third-order valence-electron chi connectivity index (χ3n) is 5.21. The van der Waals surface area contributed by atoms with E-state index in [4.69, 9.17) is 0 Å². The van der Waals surface area contributed by atoms with Crippen molar-refractivity contribution in [2.45, 2.75) is 71.1 Å². The van der Waals surface area contributed by atoms with Gasteiger partial charge in [-0.1, -0.05) is 46.0 Å². The number of aromatic amines is 1. The highest BCUT2D eigenvalue weighted by molar-refractivity contribution is 6.01. The second-order valence-corrected chi connectivity index (χ2v) is 7.03. The summed E-state index contributed by atoms with van der Waals surface area (Å²) in [7, 11) is 0. The van der Waals surface area contributed by atoms with Gasteiger partial charge in [0.1, 0.15) is 0 Å². The highest BCUT2D eigenvalue weighted by atomic mass is 16.1. The van der Waals surface area contributed by atoms with E-state index < -0.39 is 0 Å². The molecule has 2 heteroatoms. The summed E-state index contributed by atoms with van der Waals surface area (Å²) in [5, 5.41) is 0. The molecule has 2 aliphatic carbocycles. The number of nitrogens with one attached hydrogen (secondary N) is 1. The maximum atomic E-state index is 12.7. The molecule has 0 saturated carbocycles. The van der Waals surface area contributed by atoms with Crippen LogP contribution in [0, 0.1) is 11.8 Å². The monoisotopic (exact) mass is 273 g/mol. The first kappa shape index (κ1) is 13.9. The third kappa shape index (κ3) is 2.45. The van der Waals surface area contributed by atoms with Gasteiger partial charge in [0.15, 0.2) is 5.78 Å². The molecular weight excluding hydrogens is 246 g/mol. The largest absolute Gasteiger partial charge is 0.356 e. The number of Topliss-reactive ketones (excluding diaryl/α,β-unsaturated/α-hetero) is 1. The predicted octanol–water partition coefficient (Wildman–Crippen LogP) is 4.85. The van der Waals surface area contributed by atoms with E-state index in [2.05, 4.69) is 24.9 Å². The van der Waals surface area contributed by atoms with Gasteiger partial charge in [-0.3, -0.25) is 4.79 Å². The van der Waals surface area contributed by atoms with Crippen LogP contribution in [0.25, 0.3) is 0 Å². The Balaban J connectivity index is 1.93. The van der Waals surface area contributed by atoms with E-state index in [1.165, 1.54) is 49.8 Å². The van der Waals surface area contributed by atoms with Gasteiger partial charge < -0.3 is 4.98 Å². The van der Waals surface area contributed by atoms with Gasteiger partial charge >= 0.3 is 0 Å². The van der Waals surface area contributed by atoms with Crippen molar-refractivity contribution in [3.8, 4) is 0 Å². The van der Waals surface area contributed by atoms with E-state index in [-0.39, 0.29) is 5.92 Å². The zero-order valence-electron chi connectivity index (χ0n) is 12.9. The van der Waals surface area contributed by atoms with Gasteiger partial charge in [-0.25, -0.2) is 0 Å². The molecule has 1 aromatic rings. The molecule has 0 unspecified atom stereocenters. The Hall–Kier alpha value is -1.05. The van der Waals surface area contributed by atoms with Crippen LogP contribution in [0.3, 0.4) is 0 Å². The average Bonchev–Trinajstić information content (AvgIpc) is 2.92. The van der Waals surface area contributed by atoms with E-state index in [9.17, 15) is 4.79 Å². The standard InChI is InChI=1S/C18H27NO/c1-12(2)16-14-10-8-6-4-3-5-7-9-13-11-15(16)17(19-13)18(14)20/h11-12,14,16,19H,3-10H2,1-2H3/t14-,16-/m0/s1. The van der Waals surface area contributed by atoms with Gasteiger partial charge in [-0.05, 0) is 42.7 Å². The molecule has 0 fully saturated rings. The van der Waals surface area contributed by atoms with E-state index in [0.29, 0.717) is 17.6 Å². The summed E-state index contributed by atoms with van der Waals surface area (Å²) < 4.78 is 0. The van der Waals surface area contributed by atoms with Gasteiger partial charge in [-0.2, -0.15) is 0 Å². The fourth-order valence-corrected chi connectivity index (χ4v) is 4.22. The van der Waals surface area contributed by atoms with Crippen LogP contribution in [0.1, 0.15) is 86.5 Å². The summed E-state index contributed by atoms with van der Waals surface area (Å²) in [5.74, 6) is 1.64. The lowest BCUT2D eigenvalue weighted by molar-refractivity contribution is 0.0897. The number of ketones is 1. The third-order valence-corrected chi connectivity index (χ3v) is 5.21. The number of aromatic nitrogens is 1. The topological polar surface area (TPSA) is 32.9 Å². The number of H-pyrrole nitrogens is 1. The molecule has 0 saturated heterocycles. The van der Waals surface area contributed by atoms with Crippen LogP contribution in [0.15, 0.2) is 6.07 Å². The molecule has 4 rings (SSSR count). The molecule has 2 nitrogen and oxygen atoms in total. The molecule has 20 heavy (non-hydrogen) atoms. The van der Waals surface area contributed by atoms with Crippen molar-refractivity contribution in [3.63, 3.8) is 0 Å². The summed E-state index contributed by atoms with van der Waals surface area (Å²) in [6, 6.07) is 2.30. The van der Waals surface area contributed by atoms with Crippen LogP contribution in [0.5, 0.6) is 0 Å². The van der Waals surface area contributed by atoms with Crippen LogP contribution in [0.2, 0.25) is 0 Å². The minimum Gasteiger partial charge on any atom is -0.356 e. The zero-order valence-corrected chi connectivity index (χ0v) is 12.9.